The second kappa shape index (κ2) is 8.16. The van der Waals surface area contributed by atoms with Crippen molar-refractivity contribution in [3.05, 3.63) is 64.9 Å². The molecule has 2 amide bonds. The number of imidazole rings is 1. The lowest BCUT2D eigenvalue weighted by Gasteiger charge is -2.08. The Hall–Kier alpha value is -2.64. The zero-order valence-corrected chi connectivity index (χ0v) is 16.4. The standard InChI is InChI=1S/C20H17ClN4O2S/c21-13-7-5-12(6-8-13)11-22-18(26)9-16-20(27)25-19(28-16)10-17-23-14-3-1-2-4-15(14)24-17/h1-8,16H,9-11H2,(H,22,26)(H,23,24). The number of amides is 2. The SMILES string of the molecule is O=C(CC1SC(Cc2nc3ccccc3[nH]2)=NC1=O)NCc1ccc(Cl)cc1. The summed E-state index contributed by atoms with van der Waals surface area (Å²) >= 11 is 7.19. The number of hydrogen-bond acceptors (Lipinski definition) is 4. The number of carbonyl (C=O) groups is 2. The third-order valence-corrected chi connectivity index (χ3v) is 5.73. The van der Waals surface area contributed by atoms with Crippen molar-refractivity contribution in [2.45, 2.75) is 24.6 Å². The molecule has 1 aromatic heterocycles. The molecule has 28 heavy (non-hydrogen) atoms. The molecule has 2 aromatic carbocycles. The number of H-pyrrole nitrogens is 1. The summed E-state index contributed by atoms with van der Waals surface area (Å²) in [6, 6.07) is 15.0. The number of thioether (sulfide) groups is 1. The number of fused-ring (bicyclic) bond motifs is 1. The Bertz CT molecular complexity index is 1030. The zero-order chi connectivity index (χ0) is 19.5. The smallest absolute Gasteiger partial charge is 0.260 e. The highest BCUT2D eigenvalue weighted by molar-refractivity contribution is 8.15. The molecule has 1 atom stereocenters. The first-order chi connectivity index (χ1) is 13.6. The van der Waals surface area contributed by atoms with Crippen LogP contribution in [0.25, 0.3) is 11.0 Å². The van der Waals surface area contributed by atoms with Gasteiger partial charge in [-0.2, -0.15) is 0 Å². The van der Waals surface area contributed by atoms with Gasteiger partial charge in [0.2, 0.25) is 5.91 Å². The average molecular weight is 413 g/mol. The molecular weight excluding hydrogens is 396 g/mol. The van der Waals surface area contributed by atoms with Gasteiger partial charge in [-0.3, -0.25) is 9.59 Å². The van der Waals surface area contributed by atoms with Gasteiger partial charge in [-0.25, -0.2) is 9.98 Å². The first-order valence-electron chi connectivity index (χ1n) is 8.79. The van der Waals surface area contributed by atoms with E-state index in [0.29, 0.717) is 23.0 Å². The number of halogens is 1. The number of nitrogens with zero attached hydrogens (tertiary/aromatic N) is 2. The number of hydrogen-bond donors (Lipinski definition) is 2. The minimum Gasteiger partial charge on any atom is -0.352 e. The van der Waals surface area contributed by atoms with Crippen LogP contribution < -0.4 is 5.32 Å². The van der Waals surface area contributed by atoms with Gasteiger partial charge in [-0.05, 0) is 29.8 Å². The van der Waals surface area contributed by atoms with E-state index < -0.39 is 5.25 Å². The largest absolute Gasteiger partial charge is 0.352 e. The zero-order valence-electron chi connectivity index (χ0n) is 14.8. The van der Waals surface area contributed by atoms with E-state index in [4.69, 9.17) is 11.6 Å². The van der Waals surface area contributed by atoms with Crippen LogP contribution in [0.3, 0.4) is 0 Å². The molecule has 0 bridgehead atoms. The summed E-state index contributed by atoms with van der Waals surface area (Å²) in [7, 11) is 0. The molecule has 1 aliphatic rings. The maximum atomic E-state index is 12.2. The molecule has 0 aliphatic carbocycles. The van der Waals surface area contributed by atoms with Crippen LogP contribution >= 0.6 is 23.4 Å². The van der Waals surface area contributed by atoms with Crippen molar-refractivity contribution in [2.24, 2.45) is 4.99 Å². The normalized spacial score (nSPS) is 16.4. The van der Waals surface area contributed by atoms with Crippen molar-refractivity contribution in [3.63, 3.8) is 0 Å². The Morgan fingerprint density at radius 2 is 1.96 bits per heavy atom. The van der Waals surface area contributed by atoms with E-state index in [1.165, 1.54) is 11.8 Å². The highest BCUT2D eigenvalue weighted by Gasteiger charge is 2.30. The van der Waals surface area contributed by atoms with Crippen molar-refractivity contribution in [1.82, 2.24) is 15.3 Å². The van der Waals surface area contributed by atoms with E-state index in [1.54, 1.807) is 12.1 Å². The molecule has 3 aromatic rings. The Kier molecular flexibility index (Phi) is 5.45. The number of aromatic nitrogens is 2. The van der Waals surface area contributed by atoms with Gasteiger partial charge < -0.3 is 10.3 Å². The van der Waals surface area contributed by atoms with Crippen molar-refractivity contribution in [3.8, 4) is 0 Å². The summed E-state index contributed by atoms with van der Waals surface area (Å²) in [6.45, 7) is 0.397. The fraction of sp³-hybridized carbons (Fsp3) is 0.200. The molecule has 1 aliphatic heterocycles. The number of para-hydroxylation sites is 2. The van der Waals surface area contributed by atoms with E-state index in [1.807, 2.05) is 36.4 Å². The number of rotatable bonds is 6. The number of carbonyl (C=O) groups excluding carboxylic acids is 2. The molecule has 0 fully saturated rings. The molecule has 0 spiro atoms. The number of nitrogens with one attached hydrogen (secondary N) is 2. The van der Waals surface area contributed by atoms with Crippen LogP contribution in [0.4, 0.5) is 0 Å². The van der Waals surface area contributed by atoms with Gasteiger partial charge in [0.05, 0.1) is 22.5 Å². The molecule has 0 radical (unpaired) electrons. The number of aliphatic imine (C=N–C) groups is 1. The first-order valence-corrected chi connectivity index (χ1v) is 10.1. The summed E-state index contributed by atoms with van der Waals surface area (Å²) in [4.78, 5) is 36.2. The van der Waals surface area contributed by atoms with Gasteiger partial charge in [0.1, 0.15) is 11.1 Å². The molecule has 0 saturated heterocycles. The maximum Gasteiger partial charge on any atom is 0.260 e. The van der Waals surface area contributed by atoms with Crippen molar-refractivity contribution in [1.29, 1.82) is 0 Å². The van der Waals surface area contributed by atoms with E-state index in [0.717, 1.165) is 22.4 Å². The van der Waals surface area contributed by atoms with Gasteiger partial charge >= 0.3 is 0 Å². The predicted octanol–water partition coefficient (Wildman–Crippen LogP) is 3.51. The summed E-state index contributed by atoms with van der Waals surface area (Å²) in [5.41, 5.74) is 2.78. The molecule has 142 valence electrons. The molecule has 4 rings (SSSR count). The van der Waals surface area contributed by atoms with Crippen LogP contribution in [0.15, 0.2) is 53.5 Å². The van der Waals surface area contributed by atoms with E-state index >= 15 is 0 Å². The molecule has 2 heterocycles. The first kappa shape index (κ1) is 18.7. The van der Waals surface area contributed by atoms with Gasteiger partial charge in [0.25, 0.3) is 5.91 Å². The fourth-order valence-electron chi connectivity index (χ4n) is 2.92. The van der Waals surface area contributed by atoms with E-state index in [-0.39, 0.29) is 18.2 Å². The van der Waals surface area contributed by atoms with Crippen LogP contribution in [-0.2, 0) is 22.6 Å². The summed E-state index contributed by atoms with van der Waals surface area (Å²) in [5, 5.41) is 3.68. The topological polar surface area (TPSA) is 87.2 Å². The van der Waals surface area contributed by atoms with Crippen molar-refractivity contribution in [2.75, 3.05) is 0 Å². The lowest BCUT2D eigenvalue weighted by atomic mass is 10.2. The second-order valence-electron chi connectivity index (χ2n) is 6.44. The fourth-order valence-corrected chi connectivity index (χ4v) is 4.13. The third-order valence-electron chi connectivity index (χ3n) is 4.32. The maximum absolute atomic E-state index is 12.2. The monoisotopic (exact) mass is 412 g/mol. The van der Waals surface area contributed by atoms with Gasteiger partial charge in [0.15, 0.2) is 0 Å². The quantitative estimate of drug-likeness (QED) is 0.648. The van der Waals surface area contributed by atoms with Gasteiger partial charge in [0, 0.05) is 18.0 Å². The van der Waals surface area contributed by atoms with Crippen LogP contribution in [0, 0.1) is 0 Å². The van der Waals surface area contributed by atoms with Crippen molar-refractivity contribution >= 4 is 51.3 Å². The Morgan fingerprint density at radius 1 is 1.18 bits per heavy atom. The Labute approximate surface area is 170 Å². The molecule has 1 unspecified atom stereocenters. The van der Waals surface area contributed by atoms with Crippen LogP contribution in [0.5, 0.6) is 0 Å². The molecular formula is C20H17ClN4O2S. The number of benzene rings is 2. The summed E-state index contributed by atoms with van der Waals surface area (Å²) in [5.74, 6) is 0.312. The highest BCUT2D eigenvalue weighted by Crippen LogP contribution is 2.27. The Balaban J connectivity index is 1.30. The molecule has 0 saturated carbocycles. The number of aromatic amines is 1. The lowest BCUT2D eigenvalue weighted by Crippen LogP contribution is -2.27. The average Bonchev–Trinajstić information content (AvgIpc) is 3.24. The molecule has 8 heteroatoms. The van der Waals surface area contributed by atoms with E-state index in [9.17, 15) is 9.59 Å². The predicted molar refractivity (Wildman–Crippen MR) is 112 cm³/mol. The summed E-state index contributed by atoms with van der Waals surface area (Å²) in [6.07, 6.45) is 0.554. The Morgan fingerprint density at radius 3 is 2.75 bits per heavy atom. The van der Waals surface area contributed by atoms with Crippen LogP contribution in [-0.4, -0.2) is 32.1 Å². The molecule has 2 N–H and O–H groups in total. The van der Waals surface area contributed by atoms with E-state index in [2.05, 4.69) is 20.3 Å². The highest BCUT2D eigenvalue weighted by atomic mass is 35.5. The van der Waals surface area contributed by atoms with Gasteiger partial charge in [-0.15, -0.1) is 0 Å². The van der Waals surface area contributed by atoms with Gasteiger partial charge in [-0.1, -0.05) is 47.6 Å². The minimum absolute atomic E-state index is 0.101. The van der Waals surface area contributed by atoms with Crippen molar-refractivity contribution < 1.29 is 9.59 Å². The minimum atomic E-state index is -0.482. The second-order valence-corrected chi connectivity index (χ2v) is 8.15. The van der Waals surface area contributed by atoms with Crippen LogP contribution in [0.1, 0.15) is 17.8 Å². The van der Waals surface area contributed by atoms with Crippen LogP contribution in [0.2, 0.25) is 5.02 Å². The molecule has 6 nitrogen and oxygen atoms in total. The summed E-state index contributed by atoms with van der Waals surface area (Å²) < 4.78 is 0. The lowest BCUT2D eigenvalue weighted by molar-refractivity contribution is -0.124. The third kappa shape index (κ3) is 4.43.